The molecule has 0 aliphatic heterocycles. The van der Waals surface area contributed by atoms with Gasteiger partial charge in [-0.25, -0.2) is 13.4 Å². The Hall–Kier alpha value is -1.49. The standard InChI is InChI=1S/C10H13N3O3S/c1-2-13(6-7-14)17(15,16)10-4-3-5-12-9(10)8-11/h3-5,14H,2,6-7H2,1H3. The van der Waals surface area contributed by atoms with E-state index in [0.29, 0.717) is 0 Å². The predicted octanol–water partition coefficient (Wildman–Crippen LogP) is -0.0438. The zero-order valence-corrected chi connectivity index (χ0v) is 10.2. The first-order valence-electron chi connectivity index (χ1n) is 5.04. The summed E-state index contributed by atoms with van der Waals surface area (Å²) >= 11 is 0. The van der Waals surface area contributed by atoms with Crippen LogP contribution in [0.1, 0.15) is 12.6 Å². The number of aliphatic hydroxyl groups excluding tert-OH is 1. The van der Waals surface area contributed by atoms with Crippen molar-refractivity contribution in [3.05, 3.63) is 24.0 Å². The number of aromatic nitrogens is 1. The monoisotopic (exact) mass is 255 g/mol. The van der Waals surface area contributed by atoms with Gasteiger partial charge in [-0.3, -0.25) is 0 Å². The number of aliphatic hydroxyl groups is 1. The van der Waals surface area contributed by atoms with Gasteiger partial charge in [-0.2, -0.15) is 9.57 Å². The van der Waals surface area contributed by atoms with Crippen LogP contribution in [0.2, 0.25) is 0 Å². The lowest BCUT2D eigenvalue weighted by atomic mass is 10.4. The molecule has 0 saturated heterocycles. The van der Waals surface area contributed by atoms with Crippen LogP contribution in [0.15, 0.2) is 23.2 Å². The van der Waals surface area contributed by atoms with Gasteiger partial charge in [-0.15, -0.1) is 0 Å². The summed E-state index contributed by atoms with van der Waals surface area (Å²) in [7, 11) is -3.77. The van der Waals surface area contributed by atoms with Crippen LogP contribution in [0.25, 0.3) is 0 Å². The number of hydrogen-bond acceptors (Lipinski definition) is 5. The molecule has 17 heavy (non-hydrogen) atoms. The molecule has 92 valence electrons. The van der Waals surface area contributed by atoms with Crippen LogP contribution in [0, 0.1) is 11.3 Å². The van der Waals surface area contributed by atoms with E-state index in [0.717, 1.165) is 4.31 Å². The Morgan fingerprint density at radius 2 is 2.29 bits per heavy atom. The van der Waals surface area contributed by atoms with Crippen molar-refractivity contribution in [2.45, 2.75) is 11.8 Å². The van der Waals surface area contributed by atoms with E-state index in [1.807, 2.05) is 0 Å². The highest BCUT2D eigenvalue weighted by molar-refractivity contribution is 7.89. The Labute approximate surface area is 100 Å². The number of likely N-dealkylation sites (N-methyl/N-ethyl adjacent to an activating group) is 1. The van der Waals surface area contributed by atoms with E-state index in [4.69, 9.17) is 10.4 Å². The molecule has 0 unspecified atom stereocenters. The Morgan fingerprint density at radius 1 is 1.59 bits per heavy atom. The molecule has 0 radical (unpaired) electrons. The highest BCUT2D eigenvalue weighted by Crippen LogP contribution is 2.17. The first-order valence-corrected chi connectivity index (χ1v) is 6.48. The van der Waals surface area contributed by atoms with Crippen LogP contribution >= 0.6 is 0 Å². The molecule has 1 aromatic rings. The normalized spacial score (nSPS) is 11.4. The maximum atomic E-state index is 12.2. The predicted molar refractivity (Wildman–Crippen MR) is 60.5 cm³/mol. The Kier molecular flexibility index (Phi) is 4.57. The summed E-state index contributed by atoms with van der Waals surface area (Å²) in [6.45, 7) is 1.62. The number of nitrogens with zero attached hydrogens (tertiary/aromatic N) is 3. The maximum absolute atomic E-state index is 12.2. The molecule has 6 nitrogen and oxygen atoms in total. The van der Waals surface area contributed by atoms with Gasteiger partial charge in [0, 0.05) is 19.3 Å². The van der Waals surface area contributed by atoms with Gasteiger partial charge in [0.1, 0.15) is 11.0 Å². The van der Waals surface area contributed by atoms with Crippen LogP contribution in [0.4, 0.5) is 0 Å². The second kappa shape index (κ2) is 5.72. The van der Waals surface area contributed by atoms with Crippen molar-refractivity contribution in [3.63, 3.8) is 0 Å². The van der Waals surface area contributed by atoms with Crippen LogP contribution in [0.5, 0.6) is 0 Å². The Morgan fingerprint density at radius 3 is 2.82 bits per heavy atom. The molecule has 0 amide bonds. The summed E-state index contributed by atoms with van der Waals surface area (Å²) in [6.07, 6.45) is 1.36. The highest BCUT2D eigenvalue weighted by Gasteiger charge is 2.25. The van der Waals surface area contributed by atoms with Crippen LogP contribution in [-0.4, -0.2) is 42.5 Å². The minimum absolute atomic E-state index is 0.00139. The summed E-state index contributed by atoms with van der Waals surface area (Å²) in [5.74, 6) is 0. The molecule has 0 atom stereocenters. The average molecular weight is 255 g/mol. The topological polar surface area (TPSA) is 94.3 Å². The molecular formula is C10H13N3O3S. The van der Waals surface area contributed by atoms with Crippen molar-refractivity contribution >= 4 is 10.0 Å². The molecule has 0 bridgehead atoms. The molecule has 0 aliphatic rings. The molecule has 0 spiro atoms. The SMILES string of the molecule is CCN(CCO)S(=O)(=O)c1cccnc1C#N. The van der Waals surface area contributed by atoms with Crippen molar-refractivity contribution in [2.75, 3.05) is 19.7 Å². The second-order valence-corrected chi connectivity index (χ2v) is 5.09. The molecule has 1 rings (SSSR count). The van der Waals surface area contributed by atoms with Crippen molar-refractivity contribution < 1.29 is 13.5 Å². The molecule has 1 aromatic heterocycles. The van der Waals surface area contributed by atoms with E-state index in [9.17, 15) is 8.42 Å². The molecule has 0 aliphatic carbocycles. The van der Waals surface area contributed by atoms with Gasteiger partial charge in [-0.05, 0) is 12.1 Å². The largest absolute Gasteiger partial charge is 0.395 e. The van der Waals surface area contributed by atoms with Crippen molar-refractivity contribution in [2.24, 2.45) is 0 Å². The second-order valence-electron chi connectivity index (χ2n) is 3.18. The van der Waals surface area contributed by atoms with Gasteiger partial charge in [-0.1, -0.05) is 6.92 Å². The summed E-state index contributed by atoms with van der Waals surface area (Å²) < 4.78 is 25.4. The molecule has 1 N–H and O–H groups in total. The van der Waals surface area contributed by atoms with Crippen LogP contribution < -0.4 is 0 Å². The fraction of sp³-hybridized carbons (Fsp3) is 0.400. The number of hydrogen-bond donors (Lipinski definition) is 1. The van der Waals surface area contributed by atoms with E-state index >= 15 is 0 Å². The first-order chi connectivity index (χ1) is 8.07. The zero-order valence-electron chi connectivity index (χ0n) is 9.37. The third kappa shape index (κ3) is 2.79. The maximum Gasteiger partial charge on any atom is 0.246 e. The van der Waals surface area contributed by atoms with Gasteiger partial charge in [0.25, 0.3) is 0 Å². The highest BCUT2D eigenvalue weighted by atomic mass is 32.2. The number of rotatable bonds is 5. The smallest absolute Gasteiger partial charge is 0.246 e. The summed E-state index contributed by atoms with van der Waals surface area (Å²) in [5.41, 5.74) is -0.135. The lowest BCUT2D eigenvalue weighted by Crippen LogP contribution is -2.33. The van der Waals surface area contributed by atoms with E-state index in [-0.39, 0.29) is 30.3 Å². The number of pyridine rings is 1. The minimum atomic E-state index is -3.77. The number of sulfonamides is 1. The van der Waals surface area contributed by atoms with Gasteiger partial charge in [0.2, 0.25) is 10.0 Å². The van der Waals surface area contributed by atoms with Gasteiger partial charge >= 0.3 is 0 Å². The van der Waals surface area contributed by atoms with E-state index in [1.54, 1.807) is 13.0 Å². The van der Waals surface area contributed by atoms with Gasteiger partial charge in [0.15, 0.2) is 5.69 Å². The number of nitriles is 1. The molecular weight excluding hydrogens is 242 g/mol. The molecule has 1 heterocycles. The first kappa shape index (κ1) is 13.6. The lowest BCUT2D eigenvalue weighted by Gasteiger charge is -2.19. The Bertz CT molecular complexity index is 522. The Balaban J connectivity index is 3.26. The summed E-state index contributed by atoms with van der Waals surface area (Å²) in [6, 6.07) is 4.54. The van der Waals surface area contributed by atoms with Crippen molar-refractivity contribution in [1.29, 1.82) is 5.26 Å². The minimum Gasteiger partial charge on any atom is -0.395 e. The fourth-order valence-electron chi connectivity index (χ4n) is 1.38. The van der Waals surface area contributed by atoms with E-state index < -0.39 is 10.0 Å². The molecule has 7 heteroatoms. The lowest BCUT2D eigenvalue weighted by molar-refractivity contribution is 0.257. The van der Waals surface area contributed by atoms with Crippen LogP contribution in [0.3, 0.4) is 0 Å². The third-order valence-corrected chi connectivity index (χ3v) is 4.20. The average Bonchev–Trinajstić information content (AvgIpc) is 2.35. The molecule has 0 aromatic carbocycles. The van der Waals surface area contributed by atoms with E-state index in [1.165, 1.54) is 18.3 Å². The molecule has 0 fully saturated rings. The summed E-state index contributed by atoms with van der Waals surface area (Å²) in [4.78, 5) is 3.58. The third-order valence-electron chi connectivity index (χ3n) is 2.20. The van der Waals surface area contributed by atoms with Crippen molar-refractivity contribution in [3.8, 4) is 6.07 Å². The van der Waals surface area contributed by atoms with E-state index in [2.05, 4.69) is 4.98 Å². The zero-order chi connectivity index (χ0) is 12.9. The van der Waals surface area contributed by atoms with Crippen LogP contribution in [-0.2, 0) is 10.0 Å². The van der Waals surface area contributed by atoms with Crippen molar-refractivity contribution in [1.82, 2.24) is 9.29 Å². The van der Waals surface area contributed by atoms with Gasteiger partial charge < -0.3 is 5.11 Å². The van der Waals surface area contributed by atoms with Gasteiger partial charge in [0.05, 0.1) is 6.61 Å². The quantitative estimate of drug-likeness (QED) is 0.796. The summed E-state index contributed by atoms with van der Waals surface area (Å²) in [5, 5.41) is 17.6. The fourth-order valence-corrected chi connectivity index (χ4v) is 2.91. The molecule has 0 saturated carbocycles.